The van der Waals surface area contributed by atoms with Crippen LogP contribution < -0.4 is 5.32 Å². The van der Waals surface area contributed by atoms with Crippen molar-refractivity contribution in [2.24, 2.45) is 11.8 Å². The van der Waals surface area contributed by atoms with Crippen LogP contribution in [0.4, 0.5) is 4.79 Å². The van der Waals surface area contributed by atoms with Crippen molar-refractivity contribution in [3.63, 3.8) is 0 Å². The van der Waals surface area contributed by atoms with Gasteiger partial charge in [-0.1, -0.05) is 6.92 Å². The fourth-order valence-corrected chi connectivity index (χ4v) is 3.53. The summed E-state index contributed by atoms with van der Waals surface area (Å²) in [4.78, 5) is 29.7. The van der Waals surface area contributed by atoms with Gasteiger partial charge >= 0.3 is 12.0 Å². The monoisotopic (exact) mass is 320 g/mol. The summed E-state index contributed by atoms with van der Waals surface area (Å²) < 4.78 is 2.16. The van der Waals surface area contributed by atoms with Crippen LogP contribution in [0.5, 0.6) is 0 Å². The number of aryl methyl sites for hydroxylation is 2. The maximum atomic E-state index is 12.3. The number of aromatic nitrogens is 2. The van der Waals surface area contributed by atoms with Crippen molar-refractivity contribution in [3.05, 3.63) is 17.7 Å². The Labute approximate surface area is 135 Å². The minimum atomic E-state index is -0.823. The molecule has 0 saturated carbocycles. The van der Waals surface area contributed by atoms with E-state index in [9.17, 15) is 14.7 Å². The Balaban J connectivity index is 1.56. The lowest BCUT2D eigenvalue weighted by Crippen LogP contribution is -2.49. The lowest BCUT2D eigenvalue weighted by atomic mass is 9.91. The van der Waals surface area contributed by atoms with E-state index in [1.54, 1.807) is 4.90 Å². The molecule has 2 unspecified atom stereocenters. The molecular formula is C16H24N4O3. The standard InChI is InChI=1S/C16H24N4O3/c1-11-6-12(15(21)22)9-20(8-11)16(23)17-7-13-10-19-5-3-2-4-14(19)18-13/h10-12H,2-9H2,1H3,(H,17,23)(H,21,22). The number of hydrogen-bond acceptors (Lipinski definition) is 3. The van der Waals surface area contributed by atoms with Crippen molar-refractivity contribution in [3.8, 4) is 0 Å². The third-order valence-electron chi connectivity index (χ3n) is 4.68. The summed E-state index contributed by atoms with van der Waals surface area (Å²) in [6.45, 7) is 4.26. The molecule has 23 heavy (non-hydrogen) atoms. The second-order valence-corrected chi connectivity index (χ2v) is 6.74. The third-order valence-corrected chi connectivity index (χ3v) is 4.68. The van der Waals surface area contributed by atoms with Crippen LogP contribution in [0.1, 0.15) is 37.7 Å². The summed E-state index contributed by atoms with van der Waals surface area (Å²) >= 11 is 0. The topological polar surface area (TPSA) is 87.5 Å². The van der Waals surface area contributed by atoms with Gasteiger partial charge in [0.1, 0.15) is 5.82 Å². The molecule has 3 rings (SSSR count). The number of hydrogen-bond donors (Lipinski definition) is 2. The third kappa shape index (κ3) is 3.65. The van der Waals surface area contributed by atoms with Crippen molar-refractivity contribution in [2.75, 3.05) is 13.1 Å². The average Bonchev–Trinajstić information content (AvgIpc) is 2.94. The number of urea groups is 1. The first-order chi connectivity index (χ1) is 11.0. The molecule has 1 saturated heterocycles. The number of fused-ring (bicyclic) bond motifs is 1. The van der Waals surface area contributed by atoms with E-state index in [0.29, 0.717) is 19.5 Å². The molecule has 7 nitrogen and oxygen atoms in total. The minimum absolute atomic E-state index is 0.200. The quantitative estimate of drug-likeness (QED) is 0.883. The van der Waals surface area contributed by atoms with E-state index in [1.165, 1.54) is 12.8 Å². The van der Waals surface area contributed by atoms with E-state index in [2.05, 4.69) is 14.9 Å². The molecule has 7 heteroatoms. The van der Waals surface area contributed by atoms with Gasteiger partial charge in [-0.2, -0.15) is 0 Å². The summed E-state index contributed by atoms with van der Waals surface area (Å²) in [5.74, 6) is 0.00843. The number of likely N-dealkylation sites (tertiary alicyclic amines) is 1. The number of imidazole rings is 1. The second kappa shape index (κ2) is 6.60. The molecule has 2 atom stereocenters. The summed E-state index contributed by atoms with van der Waals surface area (Å²) in [5, 5.41) is 12.1. The number of nitrogens with one attached hydrogen (secondary N) is 1. The Kier molecular flexibility index (Phi) is 4.54. The Bertz CT molecular complexity index is 575. The number of carboxylic acid groups (broad SMARTS) is 1. The number of amides is 2. The molecule has 1 aromatic rings. The van der Waals surface area contributed by atoms with Gasteiger partial charge in [0.2, 0.25) is 0 Å². The van der Waals surface area contributed by atoms with Gasteiger partial charge in [-0.05, 0) is 25.2 Å². The highest BCUT2D eigenvalue weighted by Gasteiger charge is 2.31. The molecule has 3 heterocycles. The van der Waals surface area contributed by atoms with Crippen LogP contribution in [0, 0.1) is 11.8 Å². The molecule has 0 aromatic carbocycles. The minimum Gasteiger partial charge on any atom is -0.481 e. The fourth-order valence-electron chi connectivity index (χ4n) is 3.53. The molecule has 2 N–H and O–H groups in total. The highest BCUT2D eigenvalue weighted by molar-refractivity contribution is 5.76. The molecule has 2 aliphatic rings. The van der Waals surface area contributed by atoms with Crippen molar-refractivity contribution < 1.29 is 14.7 Å². The first kappa shape index (κ1) is 15.8. The van der Waals surface area contributed by atoms with E-state index in [4.69, 9.17) is 0 Å². The lowest BCUT2D eigenvalue weighted by molar-refractivity contribution is -0.143. The Morgan fingerprint density at radius 2 is 2.22 bits per heavy atom. The Morgan fingerprint density at radius 3 is 2.96 bits per heavy atom. The van der Waals surface area contributed by atoms with Crippen LogP contribution >= 0.6 is 0 Å². The Morgan fingerprint density at radius 1 is 1.39 bits per heavy atom. The van der Waals surface area contributed by atoms with Crippen LogP contribution in [0.15, 0.2) is 6.20 Å². The largest absolute Gasteiger partial charge is 0.481 e. The molecule has 0 radical (unpaired) electrons. The number of carbonyl (C=O) groups excluding carboxylic acids is 1. The molecule has 0 bridgehead atoms. The number of nitrogens with zero attached hydrogens (tertiary/aromatic N) is 3. The molecule has 0 spiro atoms. The molecule has 0 aliphatic carbocycles. The lowest BCUT2D eigenvalue weighted by Gasteiger charge is -2.34. The summed E-state index contributed by atoms with van der Waals surface area (Å²) in [5.41, 5.74) is 0.870. The highest BCUT2D eigenvalue weighted by Crippen LogP contribution is 2.22. The van der Waals surface area contributed by atoms with Crippen molar-refractivity contribution in [1.29, 1.82) is 0 Å². The smallest absolute Gasteiger partial charge is 0.317 e. The summed E-state index contributed by atoms with van der Waals surface area (Å²) in [6.07, 6.45) is 5.99. The van der Waals surface area contributed by atoms with Gasteiger partial charge in [0, 0.05) is 32.3 Å². The summed E-state index contributed by atoms with van der Waals surface area (Å²) in [6, 6.07) is -0.200. The van der Waals surface area contributed by atoms with Gasteiger partial charge in [-0.3, -0.25) is 4.79 Å². The highest BCUT2D eigenvalue weighted by atomic mass is 16.4. The molecule has 1 aromatic heterocycles. The Hall–Kier alpha value is -2.05. The van der Waals surface area contributed by atoms with Gasteiger partial charge in [-0.15, -0.1) is 0 Å². The number of aliphatic carboxylic acids is 1. The van der Waals surface area contributed by atoms with E-state index in [0.717, 1.165) is 24.5 Å². The van der Waals surface area contributed by atoms with Gasteiger partial charge < -0.3 is 19.9 Å². The SMILES string of the molecule is CC1CC(C(=O)O)CN(C(=O)NCc2cn3c(n2)CCCC3)C1. The molecular weight excluding hydrogens is 296 g/mol. The van der Waals surface area contributed by atoms with Gasteiger partial charge in [0.05, 0.1) is 18.2 Å². The van der Waals surface area contributed by atoms with Crippen LogP contribution in [-0.4, -0.2) is 44.6 Å². The molecule has 2 amide bonds. The van der Waals surface area contributed by atoms with E-state index >= 15 is 0 Å². The van der Waals surface area contributed by atoms with Crippen LogP contribution in [0.3, 0.4) is 0 Å². The maximum Gasteiger partial charge on any atom is 0.317 e. The number of carbonyl (C=O) groups is 2. The number of piperidine rings is 1. The summed E-state index contributed by atoms with van der Waals surface area (Å²) in [7, 11) is 0. The van der Waals surface area contributed by atoms with E-state index < -0.39 is 11.9 Å². The maximum absolute atomic E-state index is 12.3. The first-order valence-electron chi connectivity index (χ1n) is 8.33. The predicted molar refractivity (Wildman–Crippen MR) is 83.9 cm³/mol. The van der Waals surface area contributed by atoms with E-state index in [1.807, 2.05) is 13.1 Å². The number of carboxylic acids is 1. The van der Waals surface area contributed by atoms with Crippen molar-refractivity contribution in [1.82, 2.24) is 19.8 Å². The van der Waals surface area contributed by atoms with Crippen molar-refractivity contribution in [2.45, 2.75) is 45.7 Å². The number of rotatable bonds is 3. The van der Waals surface area contributed by atoms with Crippen LogP contribution in [-0.2, 0) is 24.3 Å². The predicted octanol–water partition coefficient (Wildman–Crippen LogP) is 1.47. The van der Waals surface area contributed by atoms with Gasteiger partial charge in [0.15, 0.2) is 0 Å². The van der Waals surface area contributed by atoms with Crippen LogP contribution in [0.25, 0.3) is 0 Å². The van der Waals surface area contributed by atoms with E-state index in [-0.39, 0.29) is 18.5 Å². The fraction of sp³-hybridized carbons (Fsp3) is 0.688. The second-order valence-electron chi connectivity index (χ2n) is 6.74. The zero-order valence-electron chi connectivity index (χ0n) is 13.5. The molecule has 2 aliphatic heterocycles. The van der Waals surface area contributed by atoms with Gasteiger partial charge in [-0.25, -0.2) is 9.78 Å². The normalized spacial score (nSPS) is 24.1. The average molecular weight is 320 g/mol. The zero-order valence-corrected chi connectivity index (χ0v) is 13.5. The van der Waals surface area contributed by atoms with Crippen LogP contribution in [0.2, 0.25) is 0 Å². The van der Waals surface area contributed by atoms with Gasteiger partial charge in [0.25, 0.3) is 0 Å². The molecule has 1 fully saturated rings. The zero-order chi connectivity index (χ0) is 16.4. The molecule has 126 valence electrons. The first-order valence-corrected chi connectivity index (χ1v) is 8.33. The van der Waals surface area contributed by atoms with Crippen molar-refractivity contribution >= 4 is 12.0 Å².